The smallest absolute Gasteiger partial charge is 0.310 e. The predicted octanol–water partition coefficient (Wildman–Crippen LogP) is 7.80. The number of nitrogens with zero attached hydrogens (tertiary/aromatic N) is 1. The number of carboxylic acids is 1. The molecule has 224 valence electrons. The lowest BCUT2D eigenvalue weighted by molar-refractivity contribution is -0.151. The lowest BCUT2D eigenvalue weighted by Gasteiger charge is -2.25. The van der Waals surface area contributed by atoms with Gasteiger partial charge in [-0.3, -0.25) is 14.6 Å². The van der Waals surface area contributed by atoms with Crippen LogP contribution in [0.15, 0.2) is 66.7 Å². The fourth-order valence-corrected chi connectivity index (χ4v) is 4.65. The molecular formula is C35H44N2O5. The van der Waals surface area contributed by atoms with Gasteiger partial charge in [-0.2, -0.15) is 0 Å². The van der Waals surface area contributed by atoms with Gasteiger partial charge < -0.3 is 19.9 Å². The first kappa shape index (κ1) is 32.5. The lowest BCUT2D eigenvalue weighted by Crippen LogP contribution is -2.34. The first-order valence-corrected chi connectivity index (χ1v) is 14.9. The van der Waals surface area contributed by atoms with E-state index in [1.165, 1.54) is 5.56 Å². The lowest BCUT2D eigenvalue weighted by atomic mass is 9.79. The Hall–Kier alpha value is -3.97. The highest BCUT2D eigenvalue weighted by atomic mass is 16.5. The molecule has 0 saturated carbocycles. The zero-order valence-corrected chi connectivity index (χ0v) is 25.1. The van der Waals surface area contributed by atoms with E-state index < -0.39 is 11.4 Å². The maximum atomic E-state index is 12.6. The predicted molar refractivity (Wildman–Crippen MR) is 168 cm³/mol. The summed E-state index contributed by atoms with van der Waals surface area (Å²) in [5.74, 6) is -0.312. The van der Waals surface area contributed by atoms with Crippen molar-refractivity contribution in [2.75, 3.05) is 18.5 Å². The van der Waals surface area contributed by atoms with Crippen molar-refractivity contribution in [3.63, 3.8) is 0 Å². The van der Waals surface area contributed by atoms with Gasteiger partial charge in [0.15, 0.2) is 0 Å². The van der Waals surface area contributed by atoms with Crippen LogP contribution in [-0.2, 0) is 27.4 Å². The van der Waals surface area contributed by atoms with E-state index in [0.29, 0.717) is 31.7 Å². The van der Waals surface area contributed by atoms with E-state index in [-0.39, 0.29) is 12.3 Å². The molecule has 0 aliphatic carbocycles. The molecule has 0 radical (unpaired) electrons. The van der Waals surface area contributed by atoms with Crippen LogP contribution in [0.4, 0.5) is 5.69 Å². The van der Waals surface area contributed by atoms with Gasteiger partial charge in [-0.25, -0.2) is 0 Å². The minimum Gasteiger partial charge on any atom is -0.494 e. The van der Waals surface area contributed by atoms with E-state index in [9.17, 15) is 14.7 Å². The number of pyridine rings is 1. The van der Waals surface area contributed by atoms with Crippen LogP contribution in [0.5, 0.6) is 5.75 Å². The number of aliphatic carboxylic acids is 1. The number of aromatic nitrogens is 1. The van der Waals surface area contributed by atoms with E-state index >= 15 is 0 Å². The molecule has 1 heterocycles. The Morgan fingerprint density at radius 2 is 1.69 bits per heavy atom. The summed E-state index contributed by atoms with van der Waals surface area (Å²) in [5.41, 5.74) is 3.47. The minimum absolute atomic E-state index is 0.0585. The minimum atomic E-state index is -1.04. The van der Waals surface area contributed by atoms with Crippen molar-refractivity contribution in [3.05, 3.63) is 89.2 Å². The van der Waals surface area contributed by atoms with Crippen LogP contribution >= 0.6 is 0 Å². The van der Waals surface area contributed by atoms with E-state index in [1.807, 2.05) is 60.7 Å². The van der Waals surface area contributed by atoms with E-state index in [1.54, 1.807) is 19.9 Å². The summed E-state index contributed by atoms with van der Waals surface area (Å²) in [6.07, 6.45) is 8.66. The fraction of sp³-hybridized carbons (Fsp3) is 0.400. The van der Waals surface area contributed by atoms with Gasteiger partial charge in [-0.05, 0) is 92.1 Å². The largest absolute Gasteiger partial charge is 0.494 e. The van der Waals surface area contributed by atoms with Crippen LogP contribution in [0.25, 0.3) is 12.2 Å². The fourth-order valence-electron chi connectivity index (χ4n) is 4.65. The molecule has 1 amide bonds. The van der Waals surface area contributed by atoms with Gasteiger partial charge in [0.1, 0.15) is 5.75 Å². The highest BCUT2D eigenvalue weighted by Gasteiger charge is 2.37. The number of unbranched alkanes of at least 4 members (excludes halogenated alkanes) is 1. The van der Waals surface area contributed by atoms with Gasteiger partial charge in [-0.15, -0.1) is 0 Å². The highest BCUT2D eigenvalue weighted by molar-refractivity contribution is 5.94. The third-order valence-electron chi connectivity index (χ3n) is 7.40. The summed E-state index contributed by atoms with van der Waals surface area (Å²) < 4.78 is 11.5. The number of carbonyl (C=O) groups is 2. The van der Waals surface area contributed by atoms with E-state index in [2.05, 4.69) is 29.4 Å². The van der Waals surface area contributed by atoms with Crippen LogP contribution in [0.1, 0.15) is 81.8 Å². The molecule has 7 nitrogen and oxygen atoms in total. The molecule has 0 bridgehead atoms. The quantitative estimate of drug-likeness (QED) is 0.151. The zero-order chi connectivity index (χ0) is 30.2. The summed E-state index contributed by atoms with van der Waals surface area (Å²) in [7, 11) is 0. The molecule has 2 N–H and O–H groups in total. The van der Waals surface area contributed by atoms with E-state index in [0.717, 1.165) is 55.0 Å². The summed E-state index contributed by atoms with van der Waals surface area (Å²) in [6.45, 7) is 7.60. The number of aryl methyl sites for hydroxylation is 1. The molecule has 0 atom stereocenters. The van der Waals surface area contributed by atoms with Gasteiger partial charge in [0, 0.05) is 18.7 Å². The number of ether oxygens (including phenoxy) is 2. The van der Waals surface area contributed by atoms with Crippen molar-refractivity contribution in [1.29, 1.82) is 0 Å². The number of hydrogen-bond acceptors (Lipinski definition) is 5. The molecule has 0 aliphatic rings. The molecule has 0 spiro atoms. The van der Waals surface area contributed by atoms with Crippen molar-refractivity contribution in [2.24, 2.45) is 5.41 Å². The summed E-state index contributed by atoms with van der Waals surface area (Å²) in [6, 6.07) is 21.6. The molecule has 3 rings (SSSR count). The second kappa shape index (κ2) is 17.1. The Morgan fingerprint density at radius 1 is 0.929 bits per heavy atom. The van der Waals surface area contributed by atoms with Crippen molar-refractivity contribution in [1.82, 2.24) is 4.98 Å². The summed E-state index contributed by atoms with van der Waals surface area (Å²) >= 11 is 0. The SMILES string of the molecule is CCCOc1ccc(CCCCOCc2cccc(C=Cc3cccc(NC(=O)CC(CC)(CC)C(=O)O)c3)n2)cc1. The second-order valence-electron chi connectivity index (χ2n) is 10.5. The monoisotopic (exact) mass is 572 g/mol. The number of nitrogens with one attached hydrogen (secondary N) is 1. The summed E-state index contributed by atoms with van der Waals surface area (Å²) in [4.78, 5) is 29.0. The molecular weight excluding hydrogens is 528 g/mol. The van der Waals surface area contributed by atoms with Crippen LogP contribution in [0.3, 0.4) is 0 Å². The molecule has 0 aliphatic heterocycles. The van der Waals surface area contributed by atoms with Crippen LogP contribution < -0.4 is 10.1 Å². The van der Waals surface area contributed by atoms with Crippen molar-refractivity contribution >= 4 is 29.7 Å². The number of amides is 1. The van der Waals surface area contributed by atoms with Gasteiger partial charge in [0.25, 0.3) is 0 Å². The normalized spacial score (nSPS) is 11.5. The zero-order valence-electron chi connectivity index (χ0n) is 25.1. The molecule has 3 aromatic rings. The van der Waals surface area contributed by atoms with Crippen molar-refractivity contribution in [2.45, 2.75) is 72.3 Å². The Labute approximate surface area is 250 Å². The first-order chi connectivity index (χ1) is 20.4. The third-order valence-corrected chi connectivity index (χ3v) is 7.40. The number of rotatable bonds is 18. The standard InChI is InChI=1S/C35H44N2O5/c1-4-22-42-32-20-17-27(18-21-32)11-7-8-23-41-26-31-15-10-13-29(36-31)19-16-28-12-9-14-30(24-28)37-33(38)25-35(5-2,6-3)34(39)40/h9-10,12-21,24H,4-8,11,22-23,25-26H2,1-3H3,(H,37,38)(H,39,40). The molecule has 2 aromatic carbocycles. The van der Waals surface area contributed by atoms with Gasteiger partial charge in [-0.1, -0.05) is 57.2 Å². The third kappa shape index (κ3) is 10.5. The average molecular weight is 573 g/mol. The maximum Gasteiger partial charge on any atom is 0.310 e. The Bertz CT molecular complexity index is 1300. The number of anilines is 1. The Morgan fingerprint density at radius 3 is 2.40 bits per heavy atom. The molecule has 1 aromatic heterocycles. The Kier molecular flexibility index (Phi) is 13.2. The van der Waals surface area contributed by atoms with Crippen LogP contribution in [0.2, 0.25) is 0 Å². The maximum absolute atomic E-state index is 12.6. The number of hydrogen-bond donors (Lipinski definition) is 2. The Balaban J connectivity index is 1.44. The molecule has 0 unspecified atom stereocenters. The molecule has 0 fully saturated rings. The summed E-state index contributed by atoms with van der Waals surface area (Å²) in [5, 5.41) is 12.5. The first-order valence-electron chi connectivity index (χ1n) is 14.9. The number of carbonyl (C=O) groups excluding carboxylic acids is 1. The van der Waals surface area contributed by atoms with Gasteiger partial charge in [0.05, 0.1) is 30.0 Å². The topological polar surface area (TPSA) is 97.8 Å². The van der Waals surface area contributed by atoms with Crippen LogP contribution in [0, 0.1) is 5.41 Å². The second-order valence-corrected chi connectivity index (χ2v) is 10.5. The molecule has 42 heavy (non-hydrogen) atoms. The van der Waals surface area contributed by atoms with Crippen molar-refractivity contribution in [3.8, 4) is 5.75 Å². The molecule has 0 saturated heterocycles. The van der Waals surface area contributed by atoms with Gasteiger partial charge >= 0.3 is 5.97 Å². The van der Waals surface area contributed by atoms with Crippen LogP contribution in [-0.4, -0.2) is 35.2 Å². The van der Waals surface area contributed by atoms with E-state index in [4.69, 9.17) is 9.47 Å². The van der Waals surface area contributed by atoms with Crippen molar-refractivity contribution < 1.29 is 24.2 Å². The molecule has 7 heteroatoms. The average Bonchev–Trinajstić information content (AvgIpc) is 3.00. The van der Waals surface area contributed by atoms with Gasteiger partial charge in [0.2, 0.25) is 5.91 Å². The number of carboxylic acid groups (broad SMARTS) is 1. The highest BCUT2D eigenvalue weighted by Crippen LogP contribution is 2.31. The number of benzene rings is 2.